The second kappa shape index (κ2) is 8.08. The predicted octanol–water partition coefficient (Wildman–Crippen LogP) is 5.89. The van der Waals surface area contributed by atoms with Gasteiger partial charge in [-0.1, -0.05) is 32.9 Å². The van der Waals surface area contributed by atoms with Gasteiger partial charge >= 0.3 is 12.4 Å². The molecule has 0 amide bonds. The van der Waals surface area contributed by atoms with Crippen molar-refractivity contribution in [1.29, 1.82) is 0 Å². The third-order valence-corrected chi connectivity index (χ3v) is 4.02. The van der Waals surface area contributed by atoms with Crippen LogP contribution in [-0.2, 0) is 11.6 Å². The highest BCUT2D eigenvalue weighted by Gasteiger charge is 2.38. The number of nitrogens with zero attached hydrogens (tertiary/aromatic N) is 3. The van der Waals surface area contributed by atoms with E-state index in [1.807, 2.05) is 32.9 Å². The Morgan fingerprint density at radius 2 is 1.55 bits per heavy atom. The largest absolute Gasteiger partial charge is 0.467 e. The third-order valence-electron chi connectivity index (χ3n) is 4.02. The maximum absolute atomic E-state index is 13.1. The molecule has 1 aromatic heterocycles. The van der Waals surface area contributed by atoms with Gasteiger partial charge in [0.25, 0.3) is 0 Å². The summed E-state index contributed by atoms with van der Waals surface area (Å²) in [6.07, 6.45) is -9.33. The summed E-state index contributed by atoms with van der Waals surface area (Å²) in [5.41, 5.74) is 0.0606. The monoisotopic (exact) mass is 421 g/mol. The van der Waals surface area contributed by atoms with E-state index in [1.54, 1.807) is 19.1 Å². The first-order valence-electron chi connectivity index (χ1n) is 8.74. The van der Waals surface area contributed by atoms with Crippen molar-refractivity contribution in [2.75, 3.05) is 18.1 Å². The van der Waals surface area contributed by atoms with E-state index in [4.69, 9.17) is 0 Å². The molecule has 29 heavy (non-hydrogen) atoms. The van der Waals surface area contributed by atoms with Crippen molar-refractivity contribution in [3.63, 3.8) is 0 Å². The molecule has 1 aromatic carbocycles. The summed E-state index contributed by atoms with van der Waals surface area (Å²) in [5, 5.41) is 0. The topological polar surface area (TPSA) is 38.2 Å². The molecule has 0 fully saturated rings. The molecule has 10 heteroatoms. The van der Waals surface area contributed by atoms with Gasteiger partial charge in [-0.15, -0.1) is 0 Å². The van der Waals surface area contributed by atoms with Gasteiger partial charge in [-0.3, -0.25) is 0 Å². The van der Waals surface area contributed by atoms with Crippen LogP contribution in [0.3, 0.4) is 0 Å². The molecule has 0 bridgehead atoms. The van der Waals surface area contributed by atoms with Gasteiger partial charge in [0.05, 0.1) is 0 Å². The Labute approximate surface area is 164 Å². The Hall–Kier alpha value is -2.52. The minimum atomic E-state index is -4.95. The summed E-state index contributed by atoms with van der Waals surface area (Å²) >= 11 is 0. The number of halogens is 6. The fraction of sp³-hybridized carbons (Fsp3) is 0.474. The Morgan fingerprint density at radius 1 is 0.966 bits per heavy atom. The van der Waals surface area contributed by atoms with E-state index < -0.39 is 30.4 Å². The number of anilines is 2. The summed E-state index contributed by atoms with van der Waals surface area (Å²) in [6, 6.07) is 7.23. The number of rotatable bonds is 5. The van der Waals surface area contributed by atoms with Crippen LogP contribution in [0.1, 0.15) is 38.8 Å². The molecule has 2 aromatic rings. The average molecular weight is 421 g/mol. The van der Waals surface area contributed by atoms with Gasteiger partial charge in [-0.2, -0.15) is 31.3 Å². The highest BCUT2D eigenvalue weighted by molar-refractivity contribution is 5.58. The number of benzene rings is 1. The van der Waals surface area contributed by atoms with Crippen LogP contribution in [0.15, 0.2) is 30.5 Å². The third kappa shape index (κ3) is 5.98. The van der Waals surface area contributed by atoms with Crippen LogP contribution < -0.4 is 9.64 Å². The fourth-order valence-electron chi connectivity index (χ4n) is 2.52. The lowest BCUT2D eigenvalue weighted by Gasteiger charge is -2.24. The maximum atomic E-state index is 13.1. The van der Waals surface area contributed by atoms with Gasteiger partial charge in [0.1, 0.15) is 5.56 Å². The molecule has 1 heterocycles. The average Bonchev–Trinajstić information content (AvgIpc) is 2.59. The lowest BCUT2D eigenvalue weighted by atomic mass is 9.87. The van der Waals surface area contributed by atoms with Crippen LogP contribution >= 0.6 is 0 Å². The van der Waals surface area contributed by atoms with E-state index in [0.29, 0.717) is 11.9 Å². The molecule has 4 nitrogen and oxygen atoms in total. The first kappa shape index (κ1) is 22.8. The van der Waals surface area contributed by atoms with Gasteiger partial charge in [-0.05, 0) is 30.0 Å². The number of aromatic nitrogens is 2. The summed E-state index contributed by atoms with van der Waals surface area (Å²) in [6.45, 7) is 6.20. The molecule has 0 aliphatic rings. The number of ether oxygens (including phenoxy) is 1. The molecular formula is C19H21F6N3O. The van der Waals surface area contributed by atoms with Crippen molar-refractivity contribution < 1.29 is 31.1 Å². The van der Waals surface area contributed by atoms with Crippen LogP contribution in [0.4, 0.5) is 38.0 Å². The molecule has 0 aliphatic carbocycles. The minimum Gasteiger partial charge on any atom is -0.467 e. The fourth-order valence-corrected chi connectivity index (χ4v) is 2.52. The molecule has 0 unspecified atom stereocenters. The van der Waals surface area contributed by atoms with Crippen molar-refractivity contribution >= 4 is 11.6 Å². The van der Waals surface area contributed by atoms with Gasteiger partial charge in [0.2, 0.25) is 11.8 Å². The molecule has 0 saturated heterocycles. The summed E-state index contributed by atoms with van der Waals surface area (Å²) < 4.78 is 81.0. The zero-order chi connectivity index (χ0) is 22.0. The highest BCUT2D eigenvalue weighted by Crippen LogP contribution is 2.37. The number of alkyl halides is 6. The summed E-state index contributed by atoms with van der Waals surface area (Å²) in [4.78, 5) is 8.82. The van der Waals surface area contributed by atoms with E-state index in [0.717, 1.165) is 5.56 Å². The van der Waals surface area contributed by atoms with Gasteiger partial charge in [0, 0.05) is 18.4 Å². The molecule has 0 radical (unpaired) electrons. The zero-order valence-corrected chi connectivity index (χ0v) is 16.3. The molecule has 0 saturated carbocycles. The van der Waals surface area contributed by atoms with Crippen molar-refractivity contribution in [3.05, 3.63) is 41.6 Å². The molecule has 0 spiro atoms. The normalized spacial score (nSPS) is 12.8. The van der Waals surface area contributed by atoms with Crippen LogP contribution in [-0.4, -0.2) is 29.3 Å². The molecule has 2 rings (SSSR count). The highest BCUT2D eigenvalue weighted by atomic mass is 19.4. The van der Waals surface area contributed by atoms with Crippen molar-refractivity contribution in [2.24, 2.45) is 0 Å². The molecule has 0 atom stereocenters. The summed E-state index contributed by atoms with van der Waals surface area (Å²) in [5.74, 6) is -1.36. The second-order valence-electron chi connectivity index (χ2n) is 7.33. The van der Waals surface area contributed by atoms with Crippen molar-refractivity contribution in [3.8, 4) is 5.88 Å². The van der Waals surface area contributed by atoms with E-state index in [2.05, 4.69) is 14.7 Å². The van der Waals surface area contributed by atoms with Gasteiger partial charge < -0.3 is 9.64 Å². The number of hydrogen-bond acceptors (Lipinski definition) is 4. The molecular weight excluding hydrogens is 400 g/mol. The van der Waals surface area contributed by atoms with E-state index in [-0.39, 0.29) is 17.9 Å². The number of hydrogen-bond donors (Lipinski definition) is 0. The van der Waals surface area contributed by atoms with Crippen molar-refractivity contribution in [2.45, 2.75) is 45.5 Å². The van der Waals surface area contributed by atoms with Crippen LogP contribution in [0, 0.1) is 0 Å². The van der Waals surface area contributed by atoms with Gasteiger partial charge in [0.15, 0.2) is 6.61 Å². The van der Waals surface area contributed by atoms with E-state index in [1.165, 1.54) is 4.90 Å². The molecule has 160 valence electrons. The van der Waals surface area contributed by atoms with E-state index in [9.17, 15) is 26.3 Å². The Morgan fingerprint density at radius 3 is 2.00 bits per heavy atom. The predicted molar refractivity (Wildman–Crippen MR) is 96.4 cm³/mol. The van der Waals surface area contributed by atoms with Crippen LogP contribution in [0.25, 0.3) is 0 Å². The Kier molecular flexibility index (Phi) is 6.34. The van der Waals surface area contributed by atoms with Crippen molar-refractivity contribution in [1.82, 2.24) is 9.97 Å². The minimum absolute atomic E-state index is 0.0982. The van der Waals surface area contributed by atoms with Gasteiger partial charge in [-0.25, -0.2) is 4.98 Å². The quantitative estimate of drug-likeness (QED) is 0.564. The lowest BCUT2D eigenvalue weighted by molar-refractivity contribution is -0.159. The molecule has 0 N–H and O–H groups in total. The standard InChI is InChI=1S/C19H21F6N3O/c1-5-28(13-8-6-12(7-9-13)17(2,3)4)16-26-10-14(19(23,24)25)15(27-16)29-11-18(20,21)22/h6-10H,5,11H2,1-4H3. The summed E-state index contributed by atoms with van der Waals surface area (Å²) in [7, 11) is 0. The zero-order valence-electron chi connectivity index (χ0n) is 16.3. The lowest BCUT2D eigenvalue weighted by Crippen LogP contribution is -2.24. The Bertz CT molecular complexity index is 826. The second-order valence-corrected chi connectivity index (χ2v) is 7.33. The first-order chi connectivity index (χ1) is 13.2. The maximum Gasteiger partial charge on any atom is 0.423 e. The smallest absolute Gasteiger partial charge is 0.423 e. The van der Waals surface area contributed by atoms with Crippen LogP contribution in [0.5, 0.6) is 5.88 Å². The molecule has 0 aliphatic heterocycles. The SMILES string of the molecule is CCN(c1ccc(C(C)(C)C)cc1)c1ncc(C(F)(F)F)c(OCC(F)(F)F)n1. The first-order valence-corrected chi connectivity index (χ1v) is 8.74. The van der Waals surface area contributed by atoms with Crippen LogP contribution in [0.2, 0.25) is 0 Å². The Balaban J connectivity index is 2.43. The van der Waals surface area contributed by atoms with E-state index >= 15 is 0 Å².